The van der Waals surface area contributed by atoms with E-state index in [1.165, 1.54) is 0 Å². The Kier molecular flexibility index (Phi) is 4.34. The van der Waals surface area contributed by atoms with Crippen molar-refractivity contribution in [1.82, 2.24) is 10.2 Å². The lowest BCUT2D eigenvalue weighted by molar-refractivity contribution is -0.134. The van der Waals surface area contributed by atoms with Crippen molar-refractivity contribution in [3.63, 3.8) is 0 Å². The molecule has 0 bridgehead atoms. The first kappa shape index (κ1) is 14.3. The molecule has 1 atom stereocenters. The van der Waals surface area contributed by atoms with E-state index in [1.807, 2.05) is 35.2 Å². The standard InChI is InChI=1S/C17H22N2O2/c20-16(13-5-2-1-3-6-13)14-8-11-19(12-9-14)17(21)15-7-4-10-18-15/h1-3,5-6,14-15,18H,4,7-12H2. The van der Waals surface area contributed by atoms with Crippen LogP contribution in [-0.2, 0) is 4.79 Å². The summed E-state index contributed by atoms with van der Waals surface area (Å²) in [6.45, 7) is 2.36. The Hall–Kier alpha value is -1.68. The highest BCUT2D eigenvalue weighted by Crippen LogP contribution is 2.23. The molecule has 4 heteroatoms. The first-order valence-corrected chi connectivity index (χ1v) is 7.87. The van der Waals surface area contributed by atoms with Crippen LogP contribution in [0.1, 0.15) is 36.0 Å². The van der Waals surface area contributed by atoms with E-state index in [9.17, 15) is 9.59 Å². The topological polar surface area (TPSA) is 49.4 Å². The van der Waals surface area contributed by atoms with E-state index in [2.05, 4.69) is 5.32 Å². The van der Waals surface area contributed by atoms with Gasteiger partial charge in [-0.1, -0.05) is 30.3 Å². The number of carbonyl (C=O) groups is 2. The molecule has 21 heavy (non-hydrogen) atoms. The maximum atomic E-state index is 12.4. The van der Waals surface area contributed by atoms with Gasteiger partial charge in [-0.2, -0.15) is 0 Å². The highest BCUT2D eigenvalue weighted by atomic mass is 16.2. The molecule has 2 saturated heterocycles. The molecule has 1 unspecified atom stereocenters. The molecule has 1 aromatic rings. The summed E-state index contributed by atoms with van der Waals surface area (Å²) >= 11 is 0. The molecule has 2 aliphatic heterocycles. The lowest BCUT2D eigenvalue weighted by Crippen LogP contribution is -2.47. The van der Waals surface area contributed by atoms with E-state index in [-0.39, 0.29) is 23.7 Å². The number of hydrogen-bond acceptors (Lipinski definition) is 3. The summed E-state index contributed by atoms with van der Waals surface area (Å²) in [7, 11) is 0. The predicted octanol–water partition coefficient (Wildman–Crippen LogP) is 1.86. The summed E-state index contributed by atoms with van der Waals surface area (Å²) in [5.74, 6) is 0.507. The Morgan fingerprint density at radius 2 is 1.76 bits per heavy atom. The monoisotopic (exact) mass is 286 g/mol. The molecule has 0 aromatic heterocycles. The predicted molar refractivity (Wildman–Crippen MR) is 81.1 cm³/mol. The molecule has 1 aromatic carbocycles. The smallest absolute Gasteiger partial charge is 0.239 e. The minimum atomic E-state index is 0.00590. The van der Waals surface area contributed by atoms with E-state index in [0.29, 0.717) is 13.1 Å². The Morgan fingerprint density at radius 3 is 2.38 bits per heavy atom. The van der Waals surface area contributed by atoms with Crippen molar-refractivity contribution in [1.29, 1.82) is 0 Å². The van der Waals surface area contributed by atoms with Crippen LogP contribution in [0.4, 0.5) is 0 Å². The number of benzene rings is 1. The number of likely N-dealkylation sites (tertiary alicyclic amines) is 1. The SMILES string of the molecule is O=C(c1ccccc1)C1CCN(C(=O)C2CCCN2)CC1. The van der Waals surface area contributed by atoms with Gasteiger partial charge in [0.2, 0.25) is 5.91 Å². The molecule has 3 rings (SSSR count). The van der Waals surface area contributed by atoms with Crippen LogP contribution in [0, 0.1) is 5.92 Å². The van der Waals surface area contributed by atoms with Crippen LogP contribution in [0.2, 0.25) is 0 Å². The zero-order chi connectivity index (χ0) is 14.7. The van der Waals surface area contributed by atoms with E-state index in [1.54, 1.807) is 0 Å². The molecule has 1 N–H and O–H groups in total. The molecular weight excluding hydrogens is 264 g/mol. The second-order valence-electron chi connectivity index (χ2n) is 5.98. The zero-order valence-electron chi connectivity index (χ0n) is 12.3. The van der Waals surface area contributed by atoms with Crippen LogP contribution in [-0.4, -0.2) is 42.3 Å². The quantitative estimate of drug-likeness (QED) is 0.863. The number of hydrogen-bond donors (Lipinski definition) is 1. The minimum Gasteiger partial charge on any atom is -0.341 e. The molecule has 0 spiro atoms. The van der Waals surface area contributed by atoms with E-state index >= 15 is 0 Å². The van der Waals surface area contributed by atoms with Gasteiger partial charge in [0.05, 0.1) is 6.04 Å². The Balaban J connectivity index is 1.55. The van der Waals surface area contributed by atoms with Crippen molar-refractivity contribution in [3.8, 4) is 0 Å². The fraction of sp³-hybridized carbons (Fsp3) is 0.529. The summed E-state index contributed by atoms with van der Waals surface area (Å²) in [4.78, 5) is 26.7. The number of nitrogens with zero attached hydrogens (tertiary/aromatic N) is 1. The Bertz CT molecular complexity index is 501. The van der Waals surface area contributed by atoms with E-state index in [4.69, 9.17) is 0 Å². The molecule has 0 aliphatic carbocycles. The van der Waals surface area contributed by atoms with Crippen LogP contribution in [0.5, 0.6) is 0 Å². The number of nitrogens with one attached hydrogen (secondary N) is 1. The van der Waals surface area contributed by atoms with Gasteiger partial charge in [0.15, 0.2) is 5.78 Å². The molecule has 2 heterocycles. The maximum Gasteiger partial charge on any atom is 0.239 e. The molecule has 112 valence electrons. The van der Waals surface area contributed by atoms with Crippen molar-refractivity contribution >= 4 is 11.7 Å². The van der Waals surface area contributed by atoms with Gasteiger partial charge in [0.1, 0.15) is 0 Å². The number of amides is 1. The van der Waals surface area contributed by atoms with E-state index in [0.717, 1.165) is 37.8 Å². The highest BCUT2D eigenvalue weighted by molar-refractivity contribution is 5.98. The van der Waals surface area contributed by atoms with Gasteiger partial charge in [-0.25, -0.2) is 0 Å². The third-order valence-corrected chi connectivity index (χ3v) is 4.59. The normalized spacial score (nSPS) is 23.2. The second-order valence-corrected chi connectivity index (χ2v) is 5.98. The van der Waals surface area contributed by atoms with Gasteiger partial charge in [-0.05, 0) is 32.2 Å². The van der Waals surface area contributed by atoms with Crippen LogP contribution >= 0.6 is 0 Å². The van der Waals surface area contributed by atoms with Crippen molar-refractivity contribution in [2.45, 2.75) is 31.7 Å². The molecular formula is C17H22N2O2. The summed E-state index contributed by atoms with van der Waals surface area (Å²) in [5.41, 5.74) is 0.791. The lowest BCUT2D eigenvalue weighted by Gasteiger charge is -2.33. The lowest BCUT2D eigenvalue weighted by atomic mass is 9.88. The highest BCUT2D eigenvalue weighted by Gasteiger charge is 2.31. The first-order chi connectivity index (χ1) is 10.3. The van der Waals surface area contributed by atoms with E-state index < -0.39 is 0 Å². The average Bonchev–Trinajstić information content (AvgIpc) is 3.09. The molecule has 0 radical (unpaired) electrons. The number of Topliss-reactive ketones (excluding diaryl/α,β-unsaturated/α-hetero) is 1. The Labute approximate surface area is 125 Å². The summed E-state index contributed by atoms with van der Waals surface area (Å²) in [6, 6.07) is 9.48. The number of ketones is 1. The fourth-order valence-electron chi connectivity index (χ4n) is 3.32. The molecule has 0 saturated carbocycles. The third-order valence-electron chi connectivity index (χ3n) is 4.59. The van der Waals surface area contributed by atoms with Crippen molar-refractivity contribution in [2.75, 3.05) is 19.6 Å². The van der Waals surface area contributed by atoms with Gasteiger partial charge >= 0.3 is 0 Å². The van der Waals surface area contributed by atoms with Crippen LogP contribution in [0.3, 0.4) is 0 Å². The average molecular weight is 286 g/mol. The van der Waals surface area contributed by atoms with Gasteiger partial charge in [0, 0.05) is 24.6 Å². The molecule has 1 amide bonds. The molecule has 4 nitrogen and oxygen atoms in total. The van der Waals surface area contributed by atoms with Crippen molar-refractivity contribution in [2.24, 2.45) is 5.92 Å². The maximum absolute atomic E-state index is 12.4. The molecule has 2 fully saturated rings. The zero-order valence-corrected chi connectivity index (χ0v) is 12.3. The van der Waals surface area contributed by atoms with Crippen LogP contribution < -0.4 is 5.32 Å². The first-order valence-electron chi connectivity index (χ1n) is 7.87. The van der Waals surface area contributed by atoms with Gasteiger partial charge in [0.25, 0.3) is 0 Å². The van der Waals surface area contributed by atoms with Crippen LogP contribution in [0.25, 0.3) is 0 Å². The van der Waals surface area contributed by atoms with Gasteiger partial charge in [-0.15, -0.1) is 0 Å². The van der Waals surface area contributed by atoms with Crippen molar-refractivity contribution in [3.05, 3.63) is 35.9 Å². The number of rotatable bonds is 3. The number of piperidine rings is 1. The van der Waals surface area contributed by atoms with Crippen LogP contribution in [0.15, 0.2) is 30.3 Å². The second kappa shape index (κ2) is 6.39. The number of carbonyl (C=O) groups excluding carboxylic acids is 2. The van der Waals surface area contributed by atoms with Gasteiger partial charge < -0.3 is 10.2 Å². The third kappa shape index (κ3) is 3.16. The minimum absolute atomic E-state index is 0.00590. The largest absolute Gasteiger partial charge is 0.341 e. The van der Waals surface area contributed by atoms with Crippen molar-refractivity contribution < 1.29 is 9.59 Å². The summed E-state index contributed by atoms with van der Waals surface area (Å²) < 4.78 is 0. The fourth-order valence-corrected chi connectivity index (χ4v) is 3.32. The Morgan fingerprint density at radius 1 is 1.05 bits per heavy atom. The van der Waals surface area contributed by atoms with Gasteiger partial charge in [-0.3, -0.25) is 9.59 Å². The molecule has 2 aliphatic rings. The summed E-state index contributed by atoms with van der Waals surface area (Å²) in [6.07, 6.45) is 3.60. The summed E-state index contributed by atoms with van der Waals surface area (Å²) in [5, 5.41) is 3.26.